The van der Waals surface area contributed by atoms with Crippen molar-refractivity contribution in [3.63, 3.8) is 0 Å². The van der Waals surface area contributed by atoms with E-state index in [0.717, 1.165) is 0 Å². The van der Waals surface area contributed by atoms with Crippen LogP contribution in [0, 0.1) is 61.3 Å². The normalized spacial score (nSPS) is 5.33. The summed E-state index contributed by atoms with van der Waals surface area (Å²) in [6.07, 6.45) is 0. The molecule has 16 nitrogen and oxygen atoms in total. The van der Waals surface area contributed by atoms with Gasteiger partial charge in [-0.1, -0.05) is 0 Å². The third kappa shape index (κ3) is 716. The molecular formula is N4O12PdPt. The van der Waals surface area contributed by atoms with Gasteiger partial charge in [0.25, 0.3) is 0 Å². The molecular weight excluding hydrogens is 550 g/mol. The quantitative estimate of drug-likeness (QED) is 0.201. The van der Waals surface area contributed by atoms with Crippen LogP contribution in [0.5, 0.6) is 0 Å². The van der Waals surface area contributed by atoms with E-state index in [0.29, 0.717) is 0 Å². The standard InChI is InChI=1S/4NO3.Pd.Pt/c4*2-1(3)4;;/q4*-1;2*+2. The first kappa shape index (κ1) is 36.0. The van der Waals surface area contributed by atoms with Gasteiger partial charge in [0, 0.05) is 0 Å². The summed E-state index contributed by atoms with van der Waals surface area (Å²) in [6.45, 7) is 0. The zero-order valence-corrected chi connectivity index (χ0v) is 11.1. The fourth-order valence-electron chi connectivity index (χ4n) is 0. The minimum absolute atomic E-state index is 0. The number of rotatable bonds is 0. The molecule has 0 radical (unpaired) electrons. The van der Waals surface area contributed by atoms with Gasteiger partial charge in [0.1, 0.15) is 0 Å². The summed E-state index contributed by atoms with van der Waals surface area (Å²) >= 11 is 0. The Bertz CT molecular complexity index is 164. The summed E-state index contributed by atoms with van der Waals surface area (Å²) < 4.78 is 0. The smallest absolute Gasteiger partial charge is 0.356 e. The van der Waals surface area contributed by atoms with Crippen LogP contribution in [-0.2, 0) is 41.5 Å². The second kappa shape index (κ2) is 29.4. The summed E-state index contributed by atoms with van der Waals surface area (Å²) in [7, 11) is 0. The average molecular weight is 550 g/mol. The van der Waals surface area contributed by atoms with Crippen LogP contribution in [0.15, 0.2) is 0 Å². The van der Waals surface area contributed by atoms with Crippen molar-refractivity contribution in [2.75, 3.05) is 0 Å². The second-order valence-corrected chi connectivity index (χ2v) is 0.894. The van der Waals surface area contributed by atoms with Gasteiger partial charge >= 0.3 is 41.5 Å². The maximum Gasteiger partial charge on any atom is 2.00 e. The fraction of sp³-hybridized carbons (Fsp3) is 0. The van der Waals surface area contributed by atoms with Crippen molar-refractivity contribution in [3.8, 4) is 0 Å². The third-order valence-corrected chi connectivity index (χ3v) is 0. The molecule has 0 bridgehead atoms. The van der Waals surface area contributed by atoms with Crippen molar-refractivity contribution in [1.29, 1.82) is 0 Å². The molecule has 0 aromatic rings. The van der Waals surface area contributed by atoms with Gasteiger partial charge in [0.05, 0.1) is 20.3 Å². The Hall–Kier alpha value is -1.85. The van der Waals surface area contributed by atoms with Crippen LogP contribution in [0.1, 0.15) is 0 Å². The van der Waals surface area contributed by atoms with E-state index in [1.165, 1.54) is 0 Å². The molecule has 18 heteroatoms. The Morgan fingerprint density at radius 3 is 0.444 bits per heavy atom. The zero-order chi connectivity index (χ0) is 14.3. The zero-order valence-electron chi connectivity index (χ0n) is 7.32. The first-order chi connectivity index (χ1) is 6.93. The van der Waals surface area contributed by atoms with Gasteiger partial charge in [-0.15, -0.1) is 0 Å². The maximum absolute atomic E-state index is 8.25. The molecule has 0 saturated heterocycles. The van der Waals surface area contributed by atoms with Crippen molar-refractivity contribution in [3.05, 3.63) is 61.3 Å². The number of nitrogens with zero attached hydrogens (tertiary/aromatic N) is 4. The van der Waals surface area contributed by atoms with E-state index < -0.39 is 20.3 Å². The van der Waals surface area contributed by atoms with E-state index >= 15 is 0 Å². The SMILES string of the molecule is O=[N+]([O-])[O-].O=[N+]([O-])[O-].O=[N+]([O-])[O-].O=[N+]([O-])[O-].[Pd+2].[Pt+2]. The topological polar surface area (TPSA) is 265 Å². The first-order valence-electron chi connectivity index (χ1n) is 2.19. The van der Waals surface area contributed by atoms with Crippen LogP contribution in [0.2, 0.25) is 0 Å². The summed E-state index contributed by atoms with van der Waals surface area (Å²) in [4.78, 5) is 33.0. The van der Waals surface area contributed by atoms with E-state index in [1.807, 2.05) is 0 Å². The molecule has 0 aliphatic carbocycles. The maximum atomic E-state index is 8.25. The van der Waals surface area contributed by atoms with Gasteiger partial charge in [0.2, 0.25) is 0 Å². The van der Waals surface area contributed by atoms with Crippen molar-refractivity contribution in [2.45, 2.75) is 0 Å². The molecule has 0 rings (SSSR count). The summed E-state index contributed by atoms with van der Waals surface area (Å²) in [6, 6.07) is 0. The minimum Gasteiger partial charge on any atom is -0.356 e. The van der Waals surface area contributed by atoms with Crippen LogP contribution in [0.25, 0.3) is 0 Å². The van der Waals surface area contributed by atoms with Gasteiger partial charge in [-0.2, -0.15) is 0 Å². The molecule has 0 aromatic heterocycles. The monoisotopic (exact) mass is 549 g/mol. The minimum atomic E-state index is -1.75. The predicted molar refractivity (Wildman–Crippen MR) is 41.4 cm³/mol. The van der Waals surface area contributed by atoms with Gasteiger partial charge in [-0.05, 0) is 0 Å². The van der Waals surface area contributed by atoms with Crippen LogP contribution < -0.4 is 0 Å². The molecule has 0 atom stereocenters. The Balaban J connectivity index is -0.0000000257. The summed E-state index contributed by atoms with van der Waals surface area (Å²) in [5.74, 6) is 0. The summed E-state index contributed by atoms with van der Waals surface area (Å²) in [5, 5.41) is 59.0. The van der Waals surface area contributed by atoms with E-state index in [4.69, 9.17) is 61.3 Å². The molecule has 0 aliphatic rings. The molecule has 112 valence electrons. The molecule has 0 fully saturated rings. The first-order valence-corrected chi connectivity index (χ1v) is 2.19. The average Bonchev–Trinajstić information content (AvgIpc) is 1.76. The Kier molecular flexibility index (Phi) is 58.9. The second-order valence-electron chi connectivity index (χ2n) is 0.894. The number of hydrogen-bond donors (Lipinski definition) is 0. The van der Waals surface area contributed by atoms with E-state index in [1.54, 1.807) is 0 Å². The van der Waals surface area contributed by atoms with Crippen molar-refractivity contribution >= 4 is 0 Å². The van der Waals surface area contributed by atoms with Gasteiger partial charge in [-0.3, -0.25) is 0 Å². The van der Waals surface area contributed by atoms with Crippen LogP contribution in [-0.4, -0.2) is 20.3 Å². The Labute approximate surface area is 123 Å². The van der Waals surface area contributed by atoms with E-state index in [2.05, 4.69) is 0 Å². The molecule has 0 aliphatic heterocycles. The molecule has 0 saturated carbocycles. The predicted octanol–water partition coefficient (Wildman–Crippen LogP) is -0.961. The molecule has 0 amide bonds. The van der Waals surface area contributed by atoms with Crippen LogP contribution in [0.3, 0.4) is 0 Å². The largest absolute Gasteiger partial charge is 2.00 e. The molecule has 0 aromatic carbocycles. The van der Waals surface area contributed by atoms with E-state index in [9.17, 15) is 0 Å². The Morgan fingerprint density at radius 2 is 0.444 bits per heavy atom. The van der Waals surface area contributed by atoms with Gasteiger partial charge in [0.15, 0.2) is 0 Å². The fourth-order valence-corrected chi connectivity index (χ4v) is 0. The molecule has 0 spiro atoms. The Morgan fingerprint density at radius 1 is 0.444 bits per heavy atom. The third-order valence-electron chi connectivity index (χ3n) is 0. The molecule has 18 heavy (non-hydrogen) atoms. The summed E-state index contributed by atoms with van der Waals surface area (Å²) in [5.41, 5.74) is 0. The van der Waals surface area contributed by atoms with Crippen LogP contribution >= 0.6 is 0 Å². The van der Waals surface area contributed by atoms with E-state index in [-0.39, 0.29) is 41.5 Å². The van der Waals surface area contributed by atoms with Crippen LogP contribution in [0.4, 0.5) is 0 Å². The van der Waals surface area contributed by atoms with Crippen molar-refractivity contribution in [2.24, 2.45) is 0 Å². The van der Waals surface area contributed by atoms with Gasteiger partial charge < -0.3 is 61.3 Å². The van der Waals surface area contributed by atoms with Crippen molar-refractivity contribution in [1.82, 2.24) is 0 Å². The van der Waals surface area contributed by atoms with Gasteiger partial charge in [-0.25, -0.2) is 0 Å². The molecule has 0 heterocycles. The van der Waals surface area contributed by atoms with Crippen molar-refractivity contribution < 1.29 is 61.8 Å². The molecule has 0 N–H and O–H groups in total. The number of hydrogen-bond acceptors (Lipinski definition) is 12. The molecule has 0 unspecified atom stereocenters.